The molecule has 1 amide bonds. The molecule has 2 N–H and O–H groups in total. The van der Waals surface area contributed by atoms with Crippen LogP contribution in [-0.4, -0.2) is 38.8 Å². The molecule has 176 valence electrons. The summed E-state index contributed by atoms with van der Waals surface area (Å²) in [7, 11) is -1.15. The van der Waals surface area contributed by atoms with Crippen LogP contribution in [0.5, 0.6) is 0 Å². The van der Waals surface area contributed by atoms with Crippen molar-refractivity contribution in [3.8, 4) is 0 Å². The van der Waals surface area contributed by atoms with Crippen LogP contribution < -0.4 is 10.6 Å². The second-order valence-corrected chi connectivity index (χ2v) is 10.4. The summed E-state index contributed by atoms with van der Waals surface area (Å²) in [4.78, 5) is 12.7. The molecule has 0 aromatic heterocycles. The Kier molecular flexibility index (Phi) is 8.09. The monoisotopic (exact) mass is 511 g/mol. The van der Waals surface area contributed by atoms with E-state index < -0.39 is 33.7 Å². The summed E-state index contributed by atoms with van der Waals surface area (Å²) in [5.74, 6) is -0.822. The Balaban J connectivity index is 2.29. The summed E-state index contributed by atoms with van der Waals surface area (Å²) < 4.78 is 64.4. The van der Waals surface area contributed by atoms with Crippen LogP contribution in [0.15, 0.2) is 41.3 Å². The number of nitrogens with one attached hydrogen (secondary N) is 2. The molecule has 0 bridgehead atoms. The van der Waals surface area contributed by atoms with Gasteiger partial charge in [0, 0.05) is 19.8 Å². The van der Waals surface area contributed by atoms with Crippen molar-refractivity contribution in [2.75, 3.05) is 24.7 Å². The van der Waals surface area contributed by atoms with Gasteiger partial charge in [-0.25, -0.2) is 12.7 Å². The van der Waals surface area contributed by atoms with Crippen molar-refractivity contribution < 1.29 is 26.4 Å². The van der Waals surface area contributed by atoms with Crippen LogP contribution in [0.2, 0.25) is 10.0 Å². The third-order valence-corrected chi connectivity index (χ3v) is 7.12. The highest BCUT2D eigenvalue weighted by Crippen LogP contribution is 2.34. The zero-order valence-corrected chi connectivity index (χ0v) is 19.9. The van der Waals surface area contributed by atoms with E-state index in [4.69, 9.17) is 23.2 Å². The Morgan fingerprint density at radius 3 is 2.16 bits per heavy atom. The van der Waals surface area contributed by atoms with Gasteiger partial charge in [-0.15, -0.1) is 0 Å². The molecule has 1 atom stereocenters. The van der Waals surface area contributed by atoms with Crippen LogP contribution in [0.25, 0.3) is 0 Å². The first-order valence-electron chi connectivity index (χ1n) is 9.30. The van der Waals surface area contributed by atoms with E-state index in [0.29, 0.717) is 0 Å². The lowest BCUT2D eigenvalue weighted by atomic mass is 10.0. The highest BCUT2D eigenvalue weighted by atomic mass is 35.5. The number of halogens is 5. The third-order valence-electron chi connectivity index (χ3n) is 4.51. The molecular weight excluding hydrogens is 490 g/mol. The lowest BCUT2D eigenvalue weighted by molar-refractivity contribution is -0.137. The SMILES string of the molecule is CC(C)[C@H](Nc1ccc(C(F)(F)F)cc1Cl)C(=O)Nc1ccc(Cl)c(S(=O)(=O)N(C)C)c1. The van der Waals surface area contributed by atoms with Gasteiger partial charge < -0.3 is 10.6 Å². The van der Waals surface area contributed by atoms with Crippen molar-refractivity contribution in [1.29, 1.82) is 0 Å². The van der Waals surface area contributed by atoms with Crippen molar-refractivity contribution in [1.82, 2.24) is 4.31 Å². The first-order valence-corrected chi connectivity index (χ1v) is 11.5. The molecule has 0 spiro atoms. The van der Waals surface area contributed by atoms with Gasteiger partial charge in [-0.2, -0.15) is 13.2 Å². The van der Waals surface area contributed by atoms with Crippen molar-refractivity contribution in [3.63, 3.8) is 0 Å². The average molecular weight is 512 g/mol. The number of carbonyl (C=O) groups is 1. The van der Waals surface area contributed by atoms with Crippen molar-refractivity contribution in [2.45, 2.75) is 31.0 Å². The minimum atomic E-state index is -4.55. The van der Waals surface area contributed by atoms with Gasteiger partial charge in [0.2, 0.25) is 15.9 Å². The van der Waals surface area contributed by atoms with Crippen molar-refractivity contribution in [3.05, 3.63) is 52.0 Å². The molecule has 0 unspecified atom stereocenters. The summed E-state index contributed by atoms with van der Waals surface area (Å²) in [6.45, 7) is 3.47. The standard InChI is InChI=1S/C20H22Cl2F3N3O3S/c1-11(2)18(27-16-8-5-12(9-15(16)22)20(23,24)25)19(29)26-13-6-7-14(21)17(10-13)32(30,31)28(3)4/h5-11,18,27H,1-4H3,(H,26,29)/t18-/m0/s1. The number of amides is 1. The fourth-order valence-electron chi connectivity index (χ4n) is 2.71. The summed E-state index contributed by atoms with van der Waals surface area (Å²) in [6.07, 6.45) is -4.55. The van der Waals surface area contributed by atoms with E-state index in [2.05, 4.69) is 10.6 Å². The molecule has 2 rings (SSSR count). The fourth-order valence-corrected chi connectivity index (χ4v) is 4.34. The van der Waals surface area contributed by atoms with Gasteiger partial charge >= 0.3 is 6.18 Å². The molecule has 12 heteroatoms. The topological polar surface area (TPSA) is 78.5 Å². The normalized spacial score (nSPS) is 13.3. The molecule has 6 nitrogen and oxygen atoms in total. The minimum absolute atomic E-state index is 0.00762. The zero-order valence-electron chi connectivity index (χ0n) is 17.6. The largest absolute Gasteiger partial charge is 0.416 e. The third kappa shape index (κ3) is 6.06. The summed E-state index contributed by atoms with van der Waals surface area (Å²) >= 11 is 12.0. The fraction of sp³-hybridized carbons (Fsp3) is 0.350. The summed E-state index contributed by atoms with van der Waals surface area (Å²) in [6, 6.07) is 5.93. The lowest BCUT2D eigenvalue weighted by Gasteiger charge is -2.24. The Morgan fingerprint density at radius 1 is 1.03 bits per heavy atom. The van der Waals surface area contributed by atoms with E-state index >= 15 is 0 Å². The Bertz CT molecular complexity index is 1110. The second kappa shape index (κ2) is 9.86. The van der Waals surface area contributed by atoms with Gasteiger partial charge in [0.05, 0.1) is 21.3 Å². The lowest BCUT2D eigenvalue weighted by Crippen LogP contribution is -2.39. The van der Waals surface area contributed by atoms with E-state index in [9.17, 15) is 26.4 Å². The molecule has 0 fully saturated rings. The highest BCUT2D eigenvalue weighted by molar-refractivity contribution is 7.89. The number of sulfonamides is 1. The molecule has 32 heavy (non-hydrogen) atoms. The molecule has 0 saturated carbocycles. The number of anilines is 2. The molecule has 0 aliphatic rings. The number of carbonyl (C=O) groups excluding carboxylic acids is 1. The number of nitrogens with zero attached hydrogens (tertiary/aromatic N) is 1. The molecule has 0 heterocycles. The van der Waals surface area contributed by atoms with E-state index in [1.54, 1.807) is 13.8 Å². The Hall–Kier alpha value is -2.01. The van der Waals surface area contributed by atoms with Gasteiger partial charge in [0.25, 0.3) is 0 Å². The molecule has 2 aromatic rings. The molecule has 0 saturated heterocycles. The first kappa shape index (κ1) is 26.2. The molecule has 2 aromatic carbocycles. The van der Waals surface area contributed by atoms with Gasteiger partial charge in [0.1, 0.15) is 10.9 Å². The van der Waals surface area contributed by atoms with Crippen molar-refractivity contribution in [2.24, 2.45) is 5.92 Å². The summed E-state index contributed by atoms with van der Waals surface area (Å²) in [5.41, 5.74) is -0.569. The number of benzene rings is 2. The van der Waals surface area contributed by atoms with Crippen LogP contribution in [0.1, 0.15) is 19.4 Å². The molecule has 0 aliphatic carbocycles. The molecule has 0 radical (unpaired) electrons. The highest BCUT2D eigenvalue weighted by Gasteiger charge is 2.31. The van der Waals surface area contributed by atoms with Crippen LogP contribution in [-0.2, 0) is 21.0 Å². The van der Waals surface area contributed by atoms with Gasteiger partial charge in [0.15, 0.2) is 0 Å². The van der Waals surface area contributed by atoms with Gasteiger partial charge in [-0.05, 0) is 42.3 Å². The van der Waals surface area contributed by atoms with E-state index in [-0.39, 0.29) is 32.2 Å². The minimum Gasteiger partial charge on any atom is -0.372 e. The van der Waals surface area contributed by atoms with E-state index in [0.717, 1.165) is 22.5 Å². The Labute approximate surface area is 194 Å². The van der Waals surface area contributed by atoms with Crippen LogP contribution in [0, 0.1) is 5.92 Å². The Morgan fingerprint density at radius 2 is 1.66 bits per heavy atom. The number of hydrogen-bond donors (Lipinski definition) is 2. The maximum Gasteiger partial charge on any atom is 0.416 e. The van der Waals surface area contributed by atoms with Crippen LogP contribution in [0.3, 0.4) is 0 Å². The maximum atomic E-state index is 12.9. The first-order chi connectivity index (χ1) is 14.6. The van der Waals surface area contributed by atoms with Crippen LogP contribution in [0.4, 0.5) is 24.5 Å². The van der Waals surface area contributed by atoms with Crippen LogP contribution >= 0.6 is 23.2 Å². The second-order valence-electron chi connectivity index (χ2n) is 7.48. The number of hydrogen-bond acceptors (Lipinski definition) is 4. The predicted molar refractivity (Wildman–Crippen MR) is 120 cm³/mol. The zero-order chi connectivity index (χ0) is 24.4. The van der Waals surface area contributed by atoms with E-state index in [1.165, 1.54) is 32.3 Å². The van der Waals surface area contributed by atoms with E-state index in [1.807, 2.05) is 0 Å². The number of rotatable bonds is 7. The maximum absolute atomic E-state index is 12.9. The quantitative estimate of drug-likeness (QED) is 0.525. The van der Waals surface area contributed by atoms with Crippen molar-refractivity contribution >= 4 is 50.5 Å². The number of alkyl halides is 3. The molecule has 0 aliphatic heterocycles. The molecular formula is C20H22Cl2F3N3O3S. The van der Waals surface area contributed by atoms with Gasteiger partial charge in [-0.3, -0.25) is 4.79 Å². The summed E-state index contributed by atoms with van der Waals surface area (Å²) in [5, 5.41) is 5.27. The average Bonchev–Trinajstić information content (AvgIpc) is 2.67. The van der Waals surface area contributed by atoms with Gasteiger partial charge in [-0.1, -0.05) is 37.0 Å². The smallest absolute Gasteiger partial charge is 0.372 e. The predicted octanol–water partition coefficient (Wildman–Crippen LogP) is 5.34.